The van der Waals surface area contributed by atoms with E-state index in [1.54, 1.807) is 79.7 Å². The molecule has 0 bridgehead atoms. The molecule has 4 aromatic rings. The van der Waals surface area contributed by atoms with Crippen molar-refractivity contribution in [3.63, 3.8) is 0 Å². The Balaban J connectivity index is 1.46. The average molecular weight is 643 g/mol. The number of rotatable bonds is 9. The van der Waals surface area contributed by atoms with Crippen molar-refractivity contribution in [3.8, 4) is 0 Å². The third kappa shape index (κ3) is 8.14. The van der Waals surface area contributed by atoms with E-state index in [0.717, 1.165) is 4.90 Å². The van der Waals surface area contributed by atoms with Crippen LogP contribution in [0.3, 0.4) is 0 Å². The van der Waals surface area contributed by atoms with Gasteiger partial charge in [-0.05, 0) is 73.7 Å². The van der Waals surface area contributed by atoms with Gasteiger partial charge in [0.1, 0.15) is 11.5 Å². The second-order valence-electron chi connectivity index (χ2n) is 8.84. The summed E-state index contributed by atoms with van der Waals surface area (Å²) in [7, 11) is 0. The van der Waals surface area contributed by atoms with Crippen molar-refractivity contribution in [3.05, 3.63) is 129 Å². The normalized spacial score (nSPS) is 11.9. The highest BCUT2D eigenvalue weighted by Gasteiger charge is 2.19. The molecule has 42 heavy (non-hydrogen) atoms. The van der Waals surface area contributed by atoms with Crippen LogP contribution < -0.4 is 16.0 Å². The van der Waals surface area contributed by atoms with Gasteiger partial charge in [-0.3, -0.25) is 14.4 Å². The summed E-state index contributed by atoms with van der Waals surface area (Å²) in [5.41, 5.74) is 0.884. The van der Waals surface area contributed by atoms with Crippen molar-refractivity contribution in [1.29, 1.82) is 0 Å². The molecule has 6 nitrogen and oxygen atoms in total. The second kappa shape index (κ2) is 14.4. The maximum atomic E-state index is 14.5. The quantitative estimate of drug-likeness (QED) is 0.127. The van der Waals surface area contributed by atoms with Crippen molar-refractivity contribution in [2.45, 2.75) is 17.1 Å². The van der Waals surface area contributed by atoms with Crippen molar-refractivity contribution in [1.82, 2.24) is 5.32 Å². The topological polar surface area (TPSA) is 87.3 Å². The van der Waals surface area contributed by atoms with Crippen molar-refractivity contribution in [2.75, 3.05) is 10.6 Å². The van der Waals surface area contributed by atoms with Gasteiger partial charge in [-0.25, -0.2) is 4.39 Å². The summed E-state index contributed by atoms with van der Waals surface area (Å²) in [6.07, 6.45) is 1.19. The highest BCUT2D eigenvalue weighted by molar-refractivity contribution is 8.00. The molecule has 0 fully saturated rings. The lowest BCUT2D eigenvalue weighted by Gasteiger charge is -2.14. The van der Waals surface area contributed by atoms with Crippen LogP contribution >= 0.6 is 46.6 Å². The molecule has 4 aromatic carbocycles. The smallest absolute Gasteiger partial charge is 0.272 e. The predicted octanol–water partition coefficient (Wildman–Crippen LogP) is 8.31. The third-order valence-electron chi connectivity index (χ3n) is 5.82. The number of amides is 3. The third-order valence-corrected chi connectivity index (χ3v) is 8.08. The Labute approximate surface area is 261 Å². The Morgan fingerprint density at radius 3 is 2.17 bits per heavy atom. The van der Waals surface area contributed by atoms with Crippen LogP contribution in [0.5, 0.6) is 0 Å². The first-order valence-corrected chi connectivity index (χ1v) is 14.5. The van der Waals surface area contributed by atoms with Crippen LogP contribution in [-0.2, 0) is 9.59 Å². The zero-order valence-electron chi connectivity index (χ0n) is 22.0. The van der Waals surface area contributed by atoms with Gasteiger partial charge in [-0.15, -0.1) is 11.8 Å². The van der Waals surface area contributed by atoms with Gasteiger partial charge < -0.3 is 16.0 Å². The number of halogens is 4. The Hall–Kier alpha value is -3.82. The lowest BCUT2D eigenvalue weighted by atomic mass is 10.1. The van der Waals surface area contributed by atoms with E-state index >= 15 is 0 Å². The number of hydrogen-bond donors (Lipinski definition) is 3. The fraction of sp³-hybridized carbons (Fsp3) is 0.0645. The molecule has 0 saturated heterocycles. The number of nitrogens with one attached hydrogen (secondary N) is 3. The van der Waals surface area contributed by atoms with Crippen molar-refractivity contribution < 1.29 is 18.8 Å². The van der Waals surface area contributed by atoms with Gasteiger partial charge in [0, 0.05) is 21.7 Å². The number of benzene rings is 4. The Morgan fingerprint density at radius 2 is 1.48 bits per heavy atom. The molecule has 1 atom stereocenters. The molecule has 0 aromatic heterocycles. The van der Waals surface area contributed by atoms with Crippen LogP contribution in [-0.4, -0.2) is 23.0 Å². The number of carbonyl (C=O) groups excluding carboxylic acids is 3. The summed E-state index contributed by atoms with van der Waals surface area (Å²) in [4.78, 5) is 39.5. The number of carbonyl (C=O) groups is 3. The standard InChI is InChI=1S/C31H23Cl3FN3O3S/c1-18(29(39)37-26-12-6-10-24(33)28(26)34)42-21-15-13-20(14-16-21)36-31(41)27(17-22-23(32)9-5-11-25(22)35)38-30(40)19-7-3-2-4-8-19/h2-18H,1H3,(H,36,41)(H,37,39)(H,38,40)/b27-17-. The summed E-state index contributed by atoms with van der Waals surface area (Å²) >= 11 is 19.6. The highest BCUT2D eigenvalue weighted by Crippen LogP contribution is 2.31. The zero-order chi connectivity index (χ0) is 30.2. The molecular weight excluding hydrogens is 620 g/mol. The van der Waals surface area contributed by atoms with E-state index < -0.39 is 22.9 Å². The van der Waals surface area contributed by atoms with E-state index in [0.29, 0.717) is 22.0 Å². The van der Waals surface area contributed by atoms with E-state index in [1.165, 1.54) is 36.0 Å². The summed E-state index contributed by atoms with van der Waals surface area (Å²) in [6.45, 7) is 1.74. The van der Waals surface area contributed by atoms with Gasteiger partial charge in [0.05, 0.1) is 26.0 Å². The maximum Gasteiger partial charge on any atom is 0.272 e. The van der Waals surface area contributed by atoms with Gasteiger partial charge >= 0.3 is 0 Å². The molecule has 11 heteroatoms. The second-order valence-corrected chi connectivity index (χ2v) is 11.4. The zero-order valence-corrected chi connectivity index (χ0v) is 25.0. The van der Waals surface area contributed by atoms with E-state index in [-0.39, 0.29) is 27.2 Å². The van der Waals surface area contributed by atoms with Crippen LogP contribution in [0, 0.1) is 5.82 Å². The van der Waals surface area contributed by atoms with Crippen LogP contribution in [0.25, 0.3) is 6.08 Å². The first kappa shape index (κ1) is 31.1. The summed E-state index contributed by atoms with van der Waals surface area (Å²) in [6, 6.07) is 24.1. The van der Waals surface area contributed by atoms with E-state index in [9.17, 15) is 18.8 Å². The molecule has 0 aliphatic heterocycles. The molecule has 1 unspecified atom stereocenters. The molecule has 214 valence electrons. The predicted molar refractivity (Wildman–Crippen MR) is 169 cm³/mol. The lowest BCUT2D eigenvalue weighted by Crippen LogP contribution is -2.30. The summed E-state index contributed by atoms with van der Waals surface area (Å²) in [5.74, 6) is -2.16. The average Bonchev–Trinajstić information content (AvgIpc) is 2.98. The Kier molecular flexibility index (Phi) is 10.7. The minimum absolute atomic E-state index is 0.0456. The molecule has 0 radical (unpaired) electrons. The molecule has 0 aliphatic carbocycles. The first-order chi connectivity index (χ1) is 20.1. The number of hydrogen-bond acceptors (Lipinski definition) is 4. The van der Waals surface area contributed by atoms with E-state index in [2.05, 4.69) is 16.0 Å². The van der Waals surface area contributed by atoms with Gasteiger partial charge in [0.25, 0.3) is 11.8 Å². The fourth-order valence-electron chi connectivity index (χ4n) is 3.64. The van der Waals surface area contributed by atoms with E-state index in [4.69, 9.17) is 34.8 Å². The molecule has 4 rings (SSSR count). The van der Waals surface area contributed by atoms with Crippen LogP contribution in [0.2, 0.25) is 15.1 Å². The molecule has 0 saturated carbocycles. The number of thioether (sulfide) groups is 1. The fourth-order valence-corrected chi connectivity index (χ4v) is 5.08. The van der Waals surface area contributed by atoms with Gasteiger partial charge in [0.2, 0.25) is 5.91 Å². The molecule has 0 spiro atoms. The molecule has 0 aliphatic rings. The lowest BCUT2D eigenvalue weighted by molar-refractivity contribution is -0.115. The van der Waals surface area contributed by atoms with Crippen molar-refractivity contribution in [2.24, 2.45) is 0 Å². The molecule has 3 amide bonds. The molecular formula is C31H23Cl3FN3O3S. The van der Waals surface area contributed by atoms with Crippen LogP contribution in [0.4, 0.5) is 15.8 Å². The van der Waals surface area contributed by atoms with Gasteiger partial charge in [-0.1, -0.05) is 65.1 Å². The van der Waals surface area contributed by atoms with Gasteiger partial charge in [-0.2, -0.15) is 0 Å². The maximum absolute atomic E-state index is 14.5. The van der Waals surface area contributed by atoms with Crippen LogP contribution in [0.15, 0.2) is 102 Å². The van der Waals surface area contributed by atoms with Gasteiger partial charge in [0.15, 0.2) is 0 Å². The first-order valence-electron chi connectivity index (χ1n) is 12.5. The van der Waals surface area contributed by atoms with E-state index in [1.807, 2.05) is 0 Å². The monoisotopic (exact) mass is 641 g/mol. The van der Waals surface area contributed by atoms with Crippen molar-refractivity contribution >= 4 is 81.7 Å². The largest absolute Gasteiger partial charge is 0.324 e. The number of anilines is 2. The highest BCUT2D eigenvalue weighted by atomic mass is 35.5. The summed E-state index contributed by atoms with van der Waals surface area (Å²) in [5, 5.41) is 8.21. The Morgan fingerprint density at radius 1 is 0.810 bits per heavy atom. The molecule has 0 heterocycles. The summed E-state index contributed by atoms with van der Waals surface area (Å²) < 4.78 is 14.5. The SMILES string of the molecule is CC(Sc1ccc(NC(=O)/C(=C/c2c(F)cccc2Cl)NC(=O)c2ccccc2)cc1)C(=O)Nc1cccc(Cl)c1Cl. The molecule has 3 N–H and O–H groups in total. The minimum atomic E-state index is -0.690. The Bertz CT molecular complexity index is 1630. The minimum Gasteiger partial charge on any atom is -0.324 e. The van der Waals surface area contributed by atoms with Crippen LogP contribution in [0.1, 0.15) is 22.8 Å².